The third-order valence-corrected chi connectivity index (χ3v) is 2.99. The topological polar surface area (TPSA) is 67.4 Å². The van der Waals surface area contributed by atoms with Crippen LogP contribution >= 0.6 is 0 Å². The highest BCUT2D eigenvalue weighted by Gasteiger charge is 2.30. The van der Waals surface area contributed by atoms with Crippen LogP contribution in [0.15, 0.2) is 30.3 Å². The summed E-state index contributed by atoms with van der Waals surface area (Å²) in [5, 5.41) is 5.92. The fourth-order valence-electron chi connectivity index (χ4n) is 2.03. The van der Waals surface area contributed by atoms with E-state index in [-0.39, 0.29) is 24.0 Å². The fourth-order valence-corrected chi connectivity index (χ4v) is 2.03. The number of amides is 1. The number of methoxy groups -OCH3 is 1. The van der Waals surface area contributed by atoms with Crippen molar-refractivity contribution in [2.45, 2.75) is 18.5 Å². The Labute approximate surface area is 106 Å². The molecule has 0 aromatic heterocycles. The lowest BCUT2D eigenvalue weighted by Gasteiger charge is -2.11. The molecule has 5 heteroatoms. The first-order chi connectivity index (χ1) is 8.70. The van der Waals surface area contributed by atoms with E-state index in [1.165, 1.54) is 7.11 Å². The summed E-state index contributed by atoms with van der Waals surface area (Å²) in [6.07, 6.45) is 0.561. The number of ether oxygens (including phenoxy) is 1. The lowest BCUT2D eigenvalue weighted by molar-refractivity contribution is -0.142. The number of esters is 1. The molecule has 0 spiro atoms. The molecule has 5 nitrogen and oxygen atoms in total. The number of carbonyl (C=O) groups is 2. The minimum Gasteiger partial charge on any atom is -0.468 e. The van der Waals surface area contributed by atoms with Crippen LogP contribution in [0.25, 0.3) is 0 Å². The third kappa shape index (κ3) is 2.87. The maximum atomic E-state index is 11.9. The van der Waals surface area contributed by atoms with E-state index in [0.717, 1.165) is 0 Å². The number of carbonyl (C=O) groups excluding carboxylic acids is 2. The average molecular weight is 248 g/mol. The Bertz CT molecular complexity index is 433. The zero-order valence-corrected chi connectivity index (χ0v) is 10.2. The molecule has 96 valence electrons. The minimum absolute atomic E-state index is 0.0400. The lowest BCUT2D eigenvalue weighted by Crippen LogP contribution is -2.36. The van der Waals surface area contributed by atoms with E-state index in [4.69, 9.17) is 0 Å². The summed E-state index contributed by atoms with van der Waals surface area (Å²) < 4.78 is 4.66. The fraction of sp³-hybridized carbons (Fsp3) is 0.385. The van der Waals surface area contributed by atoms with E-state index in [1.807, 2.05) is 18.2 Å². The van der Waals surface area contributed by atoms with Crippen LogP contribution in [0.4, 0.5) is 0 Å². The number of nitrogens with one attached hydrogen (secondary N) is 2. The molecule has 18 heavy (non-hydrogen) atoms. The first kappa shape index (κ1) is 12.6. The zero-order valence-electron chi connectivity index (χ0n) is 10.2. The van der Waals surface area contributed by atoms with Crippen molar-refractivity contribution in [2.75, 3.05) is 13.7 Å². The molecular weight excluding hydrogens is 232 g/mol. The third-order valence-electron chi connectivity index (χ3n) is 2.99. The van der Waals surface area contributed by atoms with E-state index < -0.39 is 0 Å². The Balaban J connectivity index is 1.89. The van der Waals surface area contributed by atoms with E-state index in [2.05, 4.69) is 15.4 Å². The van der Waals surface area contributed by atoms with Gasteiger partial charge in [-0.25, -0.2) is 0 Å². The number of hydrogen-bond acceptors (Lipinski definition) is 4. The van der Waals surface area contributed by atoms with Gasteiger partial charge in [-0.15, -0.1) is 0 Å². The van der Waals surface area contributed by atoms with Crippen LogP contribution < -0.4 is 10.6 Å². The predicted octanol–water partition coefficient (Wildman–Crippen LogP) is 0.320. The molecule has 0 bridgehead atoms. The number of hydrogen-bond donors (Lipinski definition) is 2. The highest BCUT2D eigenvalue weighted by Crippen LogP contribution is 2.09. The molecule has 1 saturated heterocycles. The second kappa shape index (κ2) is 5.64. The van der Waals surface area contributed by atoms with Crippen LogP contribution in [0.3, 0.4) is 0 Å². The number of rotatable bonds is 3. The molecule has 1 fully saturated rings. The molecule has 0 radical (unpaired) electrons. The molecule has 0 unspecified atom stereocenters. The van der Waals surface area contributed by atoms with Crippen molar-refractivity contribution in [3.8, 4) is 0 Å². The zero-order chi connectivity index (χ0) is 13.0. The summed E-state index contributed by atoms with van der Waals surface area (Å²) in [6, 6.07) is 8.66. The van der Waals surface area contributed by atoms with Gasteiger partial charge in [-0.05, 0) is 18.6 Å². The Morgan fingerprint density at radius 1 is 1.33 bits per heavy atom. The van der Waals surface area contributed by atoms with Crippen molar-refractivity contribution < 1.29 is 14.3 Å². The Morgan fingerprint density at radius 2 is 2.06 bits per heavy atom. The van der Waals surface area contributed by atoms with Crippen LogP contribution in [0.2, 0.25) is 0 Å². The molecule has 1 aliphatic rings. The standard InChI is InChI=1S/C13H16N2O3/c1-18-13(17)11-7-10(8-14-11)15-12(16)9-5-3-2-4-6-9/h2-6,10-11,14H,7-8H2,1H3,(H,15,16)/t10-,11+/m0/s1. The molecule has 1 aliphatic heterocycles. The summed E-state index contributed by atoms with van der Waals surface area (Å²) in [5.41, 5.74) is 0.624. The normalized spacial score (nSPS) is 22.5. The summed E-state index contributed by atoms with van der Waals surface area (Å²) in [5.74, 6) is -0.403. The SMILES string of the molecule is COC(=O)[C@H]1C[C@H](NC(=O)c2ccccc2)CN1. The van der Waals surface area contributed by atoms with Crippen LogP contribution in [0, 0.1) is 0 Å². The molecule has 0 aliphatic carbocycles. The van der Waals surface area contributed by atoms with Crippen molar-refractivity contribution in [2.24, 2.45) is 0 Å². The average Bonchev–Trinajstić information content (AvgIpc) is 2.87. The predicted molar refractivity (Wildman–Crippen MR) is 66.1 cm³/mol. The summed E-state index contributed by atoms with van der Waals surface area (Å²) in [6.45, 7) is 0.582. The number of benzene rings is 1. The van der Waals surface area contributed by atoms with Gasteiger partial charge in [0.15, 0.2) is 0 Å². The van der Waals surface area contributed by atoms with E-state index in [1.54, 1.807) is 12.1 Å². The van der Waals surface area contributed by atoms with E-state index in [9.17, 15) is 9.59 Å². The molecular formula is C13H16N2O3. The quantitative estimate of drug-likeness (QED) is 0.756. The second-order valence-electron chi connectivity index (χ2n) is 4.26. The van der Waals surface area contributed by atoms with Gasteiger partial charge in [-0.3, -0.25) is 9.59 Å². The lowest BCUT2D eigenvalue weighted by atomic mass is 10.1. The molecule has 1 aromatic carbocycles. The largest absolute Gasteiger partial charge is 0.468 e. The molecule has 1 heterocycles. The monoisotopic (exact) mass is 248 g/mol. The van der Waals surface area contributed by atoms with Gasteiger partial charge in [0.2, 0.25) is 0 Å². The van der Waals surface area contributed by atoms with Crippen LogP contribution in [0.5, 0.6) is 0 Å². The van der Waals surface area contributed by atoms with E-state index >= 15 is 0 Å². The molecule has 1 aromatic rings. The van der Waals surface area contributed by atoms with Gasteiger partial charge in [-0.1, -0.05) is 18.2 Å². The molecule has 2 N–H and O–H groups in total. The Kier molecular flexibility index (Phi) is 3.94. The van der Waals surface area contributed by atoms with Gasteiger partial charge in [0, 0.05) is 18.2 Å². The van der Waals surface area contributed by atoms with Crippen molar-refractivity contribution in [3.63, 3.8) is 0 Å². The minimum atomic E-state index is -0.323. The summed E-state index contributed by atoms with van der Waals surface area (Å²) in [4.78, 5) is 23.2. The van der Waals surface area contributed by atoms with Crippen molar-refractivity contribution in [3.05, 3.63) is 35.9 Å². The second-order valence-corrected chi connectivity index (χ2v) is 4.26. The summed E-state index contributed by atoms with van der Waals surface area (Å²) in [7, 11) is 1.36. The Hall–Kier alpha value is -1.88. The van der Waals surface area contributed by atoms with Crippen molar-refractivity contribution in [1.29, 1.82) is 0 Å². The van der Waals surface area contributed by atoms with Crippen LogP contribution in [0.1, 0.15) is 16.8 Å². The maximum Gasteiger partial charge on any atom is 0.322 e. The molecule has 2 atom stereocenters. The highest BCUT2D eigenvalue weighted by molar-refractivity contribution is 5.94. The van der Waals surface area contributed by atoms with Crippen molar-refractivity contribution in [1.82, 2.24) is 10.6 Å². The molecule has 1 amide bonds. The van der Waals surface area contributed by atoms with E-state index in [0.29, 0.717) is 18.5 Å². The molecule has 2 rings (SSSR count). The van der Waals surface area contributed by atoms with Gasteiger partial charge >= 0.3 is 5.97 Å². The molecule has 0 saturated carbocycles. The van der Waals surface area contributed by atoms with Gasteiger partial charge in [-0.2, -0.15) is 0 Å². The summed E-state index contributed by atoms with van der Waals surface area (Å²) >= 11 is 0. The highest BCUT2D eigenvalue weighted by atomic mass is 16.5. The maximum absolute atomic E-state index is 11.9. The first-order valence-corrected chi connectivity index (χ1v) is 5.88. The van der Waals surface area contributed by atoms with Gasteiger partial charge in [0.1, 0.15) is 6.04 Å². The van der Waals surface area contributed by atoms with Crippen LogP contribution in [-0.4, -0.2) is 37.6 Å². The first-order valence-electron chi connectivity index (χ1n) is 5.88. The van der Waals surface area contributed by atoms with Crippen LogP contribution in [-0.2, 0) is 9.53 Å². The van der Waals surface area contributed by atoms with Crippen molar-refractivity contribution >= 4 is 11.9 Å². The van der Waals surface area contributed by atoms with Gasteiger partial charge < -0.3 is 15.4 Å². The Morgan fingerprint density at radius 3 is 2.72 bits per heavy atom. The smallest absolute Gasteiger partial charge is 0.322 e. The van der Waals surface area contributed by atoms with Gasteiger partial charge in [0.05, 0.1) is 7.11 Å². The van der Waals surface area contributed by atoms with Gasteiger partial charge in [0.25, 0.3) is 5.91 Å².